The van der Waals surface area contributed by atoms with Crippen molar-refractivity contribution >= 4 is 17.9 Å². The summed E-state index contributed by atoms with van der Waals surface area (Å²) in [5.41, 5.74) is 6.19. The van der Waals surface area contributed by atoms with Crippen molar-refractivity contribution in [3.05, 3.63) is 0 Å². The van der Waals surface area contributed by atoms with Crippen LogP contribution in [0.2, 0.25) is 0 Å². The normalized spacial score (nSPS) is 15.0. The van der Waals surface area contributed by atoms with Crippen LogP contribution in [0.5, 0.6) is 0 Å². The van der Waals surface area contributed by atoms with Crippen LogP contribution in [0.3, 0.4) is 0 Å². The number of aliphatic hydroxyl groups excluding tert-OH is 1. The zero-order chi connectivity index (χ0) is 18.7. The van der Waals surface area contributed by atoms with E-state index < -0.39 is 42.6 Å². The van der Waals surface area contributed by atoms with Crippen LogP contribution >= 0.6 is 0 Å². The lowest BCUT2D eigenvalue weighted by atomic mass is 10.1. The zero-order valence-corrected chi connectivity index (χ0v) is 13.9. The first-order valence-electron chi connectivity index (χ1n) is 7.83. The molecule has 0 saturated carbocycles. The molecule has 5 N–H and O–H groups in total. The highest BCUT2D eigenvalue weighted by Gasteiger charge is 2.33. The summed E-state index contributed by atoms with van der Waals surface area (Å²) in [6.07, 6.45) is 2.07. The summed E-state index contributed by atoms with van der Waals surface area (Å²) in [6.45, 7) is 2.81. The fourth-order valence-corrected chi connectivity index (χ4v) is 1.94. The maximum Gasteiger partial charge on any atom is 0.324 e. The molecule has 10 heteroatoms. The van der Waals surface area contributed by atoms with Gasteiger partial charge in [-0.1, -0.05) is 33.1 Å². The molecule has 0 amide bonds. The number of hydrogen-bond acceptors (Lipinski definition) is 6. The van der Waals surface area contributed by atoms with Gasteiger partial charge in [-0.15, -0.1) is 10.5 Å². The number of rotatable bonds is 14. The predicted octanol–water partition coefficient (Wildman–Crippen LogP) is -0.345. The van der Waals surface area contributed by atoms with Crippen molar-refractivity contribution in [2.75, 3.05) is 6.61 Å². The molecule has 0 heterocycles. The van der Waals surface area contributed by atoms with Crippen LogP contribution in [0, 0.1) is 0 Å². The molecule has 3 unspecified atom stereocenters. The van der Waals surface area contributed by atoms with Gasteiger partial charge in [-0.05, 0) is 12.8 Å². The van der Waals surface area contributed by atoms with Gasteiger partial charge in [-0.3, -0.25) is 14.4 Å². The molecule has 10 nitrogen and oxygen atoms in total. The summed E-state index contributed by atoms with van der Waals surface area (Å²) in [6, 6.07) is -3.94. The maximum atomic E-state index is 11.5. The lowest BCUT2D eigenvalue weighted by molar-refractivity contribution is -0.157. The Kier molecular flexibility index (Phi) is 10.9. The highest BCUT2D eigenvalue weighted by atomic mass is 16.4. The van der Waals surface area contributed by atoms with Gasteiger partial charge in [0.15, 0.2) is 0 Å². The van der Waals surface area contributed by atoms with Crippen molar-refractivity contribution < 1.29 is 34.8 Å². The first-order valence-corrected chi connectivity index (χ1v) is 7.83. The van der Waals surface area contributed by atoms with Crippen LogP contribution in [-0.4, -0.2) is 68.2 Å². The maximum absolute atomic E-state index is 11.5. The Balaban J connectivity index is 5.39. The van der Waals surface area contributed by atoms with Gasteiger partial charge in [0.2, 0.25) is 0 Å². The van der Waals surface area contributed by atoms with E-state index in [2.05, 4.69) is 10.9 Å². The number of carbonyl (C=O) groups is 3. The second-order valence-corrected chi connectivity index (χ2v) is 5.30. The number of nitrogens with one attached hydrogen (secondary N) is 1. The van der Waals surface area contributed by atoms with E-state index in [4.69, 9.17) is 10.2 Å². The number of aliphatic carboxylic acids is 3. The van der Waals surface area contributed by atoms with Gasteiger partial charge in [0.1, 0.15) is 18.1 Å². The van der Waals surface area contributed by atoms with Crippen molar-refractivity contribution in [3.8, 4) is 0 Å². The summed E-state index contributed by atoms with van der Waals surface area (Å²) in [5.74, 6) is -3.90. The van der Waals surface area contributed by atoms with E-state index in [1.165, 1.54) is 0 Å². The summed E-state index contributed by atoms with van der Waals surface area (Å²) < 4.78 is 0. The minimum atomic E-state index is -1.49. The molecule has 0 saturated heterocycles. The molecule has 0 aliphatic heterocycles. The van der Waals surface area contributed by atoms with Crippen LogP contribution in [0.25, 0.3) is 0 Å². The summed E-state index contributed by atoms with van der Waals surface area (Å²) in [5, 5.41) is 37.5. The number of hydrogen-bond donors (Lipinski definition) is 5. The van der Waals surface area contributed by atoms with E-state index in [9.17, 15) is 24.6 Å². The molecule has 0 aromatic rings. The Bertz CT molecular complexity index is 419. The van der Waals surface area contributed by atoms with Crippen LogP contribution in [-0.2, 0) is 14.4 Å². The minimum absolute atomic E-state index is 0.151. The van der Waals surface area contributed by atoms with Crippen molar-refractivity contribution in [3.63, 3.8) is 0 Å². The fraction of sp³-hybridized carbons (Fsp3) is 0.786. The van der Waals surface area contributed by atoms with Gasteiger partial charge in [0, 0.05) is 0 Å². The standard InChI is InChI=1S/C14H26N3O7/c1-3-5-7-11(14(23)24)17(16-10(8-18)13(21)22)15-9(6-4-2)12(19)20/h9-11,16,18H,3-8H2,1-2H3,(H,19,20)(H,21,22)(H,23,24). The Morgan fingerprint density at radius 3 is 2.00 bits per heavy atom. The van der Waals surface area contributed by atoms with Crippen molar-refractivity contribution in [1.29, 1.82) is 0 Å². The molecule has 0 rings (SSSR count). The third kappa shape index (κ3) is 7.68. The largest absolute Gasteiger partial charge is 0.480 e. The van der Waals surface area contributed by atoms with Gasteiger partial charge in [0.05, 0.1) is 6.61 Å². The third-order valence-electron chi connectivity index (χ3n) is 3.29. The summed E-state index contributed by atoms with van der Waals surface area (Å²) in [4.78, 5) is 33.8. The molecule has 0 bridgehead atoms. The molecule has 0 spiro atoms. The van der Waals surface area contributed by atoms with E-state index in [1.807, 2.05) is 6.92 Å². The van der Waals surface area contributed by atoms with Gasteiger partial charge in [0.25, 0.3) is 0 Å². The van der Waals surface area contributed by atoms with Crippen molar-refractivity contribution in [1.82, 2.24) is 16.0 Å². The minimum Gasteiger partial charge on any atom is -0.480 e. The third-order valence-corrected chi connectivity index (χ3v) is 3.29. The number of aliphatic hydroxyl groups is 1. The number of carboxylic acid groups (broad SMARTS) is 3. The van der Waals surface area contributed by atoms with Crippen LogP contribution in [0.4, 0.5) is 0 Å². The van der Waals surface area contributed by atoms with Crippen molar-refractivity contribution in [2.24, 2.45) is 0 Å². The Morgan fingerprint density at radius 2 is 1.62 bits per heavy atom. The molecule has 139 valence electrons. The number of nitrogens with zero attached hydrogens (tertiary/aromatic N) is 2. The second-order valence-electron chi connectivity index (χ2n) is 5.30. The molecule has 3 atom stereocenters. The fourth-order valence-electron chi connectivity index (χ4n) is 1.94. The highest BCUT2D eigenvalue weighted by molar-refractivity contribution is 5.75. The monoisotopic (exact) mass is 348 g/mol. The van der Waals surface area contributed by atoms with Gasteiger partial charge < -0.3 is 20.4 Å². The topological polar surface area (TPSA) is 162 Å². The predicted molar refractivity (Wildman–Crippen MR) is 82.9 cm³/mol. The Morgan fingerprint density at radius 1 is 1.00 bits per heavy atom. The highest BCUT2D eigenvalue weighted by Crippen LogP contribution is 2.10. The average molecular weight is 348 g/mol. The first-order chi connectivity index (χ1) is 11.3. The first kappa shape index (κ1) is 22.2. The molecular formula is C14H26N3O7. The molecule has 0 aliphatic rings. The molecular weight excluding hydrogens is 322 g/mol. The van der Waals surface area contributed by atoms with Crippen molar-refractivity contribution in [2.45, 2.75) is 64.1 Å². The van der Waals surface area contributed by atoms with Crippen LogP contribution < -0.4 is 10.9 Å². The molecule has 0 aromatic carbocycles. The molecule has 24 heavy (non-hydrogen) atoms. The molecule has 1 radical (unpaired) electrons. The number of hydrazine groups is 1. The van der Waals surface area contributed by atoms with Gasteiger partial charge in [-0.2, -0.15) is 0 Å². The summed E-state index contributed by atoms with van der Waals surface area (Å²) in [7, 11) is 0. The van der Waals surface area contributed by atoms with E-state index >= 15 is 0 Å². The SMILES string of the molecule is CCCCC(C(=O)O)N([N]C(CCC)C(=O)O)NC(CO)C(=O)O. The van der Waals surface area contributed by atoms with E-state index in [0.29, 0.717) is 19.3 Å². The Labute approximate surface area is 140 Å². The van der Waals surface area contributed by atoms with Gasteiger partial charge in [-0.25, -0.2) is 5.43 Å². The smallest absolute Gasteiger partial charge is 0.324 e. The number of unbranched alkanes of at least 4 members (excludes halogenated alkanes) is 1. The van der Waals surface area contributed by atoms with Crippen LogP contribution in [0.15, 0.2) is 0 Å². The zero-order valence-electron chi connectivity index (χ0n) is 13.9. The lowest BCUT2D eigenvalue weighted by Gasteiger charge is -2.32. The molecule has 0 fully saturated rings. The van der Waals surface area contributed by atoms with E-state index in [1.54, 1.807) is 6.92 Å². The van der Waals surface area contributed by atoms with E-state index in [0.717, 1.165) is 5.12 Å². The quantitative estimate of drug-likeness (QED) is 0.264. The Hall–Kier alpha value is -1.75. The number of carboxylic acids is 3. The molecule has 0 aromatic heterocycles. The van der Waals surface area contributed by atoms with E-state index in [-0.39, 0.29) is 12.8 Å². The summed E-state index contributed by atoms with van der Waals surface area (Å²) >= 11 is 0. The molecule has 0 aliphatic carbocycles. The van der Waals surface area contributed by atoms with Crippen LogP contribution in [0.1, 0.15) is 46.0 Å². The average Bonchev–Trinajstić information content (AvgIpc) is 2.50. The lowest BCUT2D eigenvalue weighted by Crippen LogP contribution is -2.61. The van der Waals surface area contributed by atoms with Gasteiger partial charge >= 0.3 is 17.9 Å². The second kappa shape index (κ2) is 11.7.